The van der Waals surface area contributed by atoms with Crippen LogP contribution in [-0.4, -0.2) is 37.8 Å². The highest BCUT2D eigenvalue weighted by Gasteiger charge is 2.32. The second-order valence-electron chi connectivity index (χ2n) is 12.7. The van der Waals surface area contributed by atoms with E-state index in [2.05, 4.69) is 107 Å². The van der Waals surface area contributed by atoms with E-state index in [1.807, 2.05) is 27.0 Å². The summed E-state index contributed by atoms with van der Waals surface area (Å²) < 4.78 is 0. The number of carbonyl (C=O) groups excluding carboxylic acids is 1. The van der Waals surface area contributed by atoms with Crippen LogP contribution in [-0.2, 0) is 11.2 Å². The Bertz CT molecular complexity index is 1160. The Morgan fingerprint density at radius 1 is 1.04 bits per heavy atom. The number of rotatable bonds is 16. The van der Waals surface area contributed by atoms with Crippen LogP contribution in [0.2, 0.25) is 0 Å². The average Bonchev–Trinajstić information content (AvgIpc) is 3.88. The quantitative estimate of drug-likeness (QED) is 0.0454. The molecule has 1 aromatic carbocycles. The molecule has 0 heterocycles. The van der Waals surface area contributed by atoms with Crippen LogP contribution in [0, 0.1) is 23.2 Å². The lowest BCUT2D eigenvalue weighted by atomic mass is 9.74. The number of aldehydes is 1. The summed E-state index contributed by atoms with van der Waals surface area (Å²) in [7, 11) is 2.01. The molecule has 0 radical (unpaired) electrons. The lowest BCUT2D eigenvalue weighted by Gasteiger charge is -2.36. The van der Waals surface area contributed by atoms with E-state index < -0.39 is 0 Å². The fourth-order valence-corrected chi connectivity index (χ4v) is 5.46. The molecule has 2 fully saturated rings. The zero-order chi connectivity index (χ0) is 37.5. The van der Waals surface area contributed by atoms with Gasteiger partial charge in [0.05, 0.1) is 24.4 Å². The maximum Gasteiger partial charge on any atom is 0.171 e. The van der Waals surface area contributed by atoms with Crippen molar-refractivity contribution in [1.29, 1.82) is 5.26 Å². The summed E-state index contributed by atoms with van der Waals surface area (Å²) in [6.07, 6.45) is 22.8. The van der Waals surface area contributed by atoms with Crippen molar-refractivity contribution < 1.29 is 4.79 Å². The van der Waals surface area contributed by atoms with Gasteiger partial charge in [0.15, 0.2) is 6.29 Å². The third-order valence-electron chi connectivity index (χ3n) is 8.59. The largest absolute Gasteiger partial charge is 0.323 e. The maximum atomic E-state index is 10.4. The van der Waals surface area contributed by atoms with Crippen LogP contribution in [0.1, 0.15) is 156 Å². The first-order chi connectivity index (χ1) is 23.7. The minimum absolute atomic E-state index is 0.152. The van der Waals surface area contributed by atoms with E-state index in [0.29, 0.717) is 24.8 Å². The van der Waals surface area contributed by atoms with Gasteiger partial charge in [0.2, 0.25) is 0 Å². The second-order valence-corrected chi connectivity index (χ2v) is 12.7. The molecule has 2 aliphatic carbocycles. The Hall–Kier alpha value is -3.30. The summed E-state index contributed by atoms with van der Waals surface area (Å²) in [6.45, 7) is 23.5. The first-order valence-corrected chi connectivity index (χ1v) is 19.1. The van der Waals surface area contributed by atoms with Crippen LogP contribution in [0.5, 0.6) is 0 Å². The summed E-state index contributed by atoms with van der Waals surface area (Å²) in [5.41, 5.74) is 6.09. The number of nitriles is 1. The number of allylic oxidation sites excluding steroid dienone is 3. The van der Waals surface area contributed by atoms with Crippen LogP contribution >= 0.6 is 0 Å². The lowest BCUT2D eigenvalue weighted by molar-refractivity contribution is -0.102. The number of hydrogen-bond donors (Lipinski definition) is 2. The normalized spacial score (nSPS) is 19.4. The fraction of sp³-hybridized carbons (Fsp3) is 0.628. The first kappa shape index (κ1) is 47.8. The van der Waals surface area contributed by atoms with Gasteiger partial charge >= 0.3 is 0 Å². The Morgan fingerprint density at radius 3 is 2.10 bits per heavy atom. The zero-order valence-corrected chi connectivity index (χ0v) is 33.2. The van der Waals surface area contributed by atoms with E-state index in [-0.39, 0.29) is 5.71 Å². The van der Waals surface area contributed by atoms with Crippen LogP contribution in [0.4, 0.5) is 0 Å². The summed E-state index contributed by atoms with van der Waals surface area (Å²) in [6, 6.07) is 9.31. The van der Waals surface area contributed by atoms with Gasteiger partial charge < -0.3 is 11.2 Å². The van der Waals surface area contributed by atoms with Crippen LogP contribution < -0.4 is 11.2 Å². The molecule has 6 nitrogen and oxygen atoms in total. The summed E-state index contributed by atoms with van der Waals surface area (Å²) in [4.78, 5) is 14.6. The van der Waals surface area contributed by atoms with Gasteiger partial charge in [0.1, 0.15) is 5.71 Å². The standard InChI is InChI=1S/C15H20N2.C13H21N3O.C7H14.C6H12.C2H6/c1-3-4-11-5-6-12(10-16)15(7-11)13-8-14(9-13)17-2;1-3-5-7-12(8-6-4-2)9-15-10-13(11-17)16-14;1-3-6-5-7(6)4-2;1-4-5-6(2)3;1-2/h5-7,13-14,17H,3-4,8-9H2,1-2H3;5,7-8,10-11H,3-4,6,9,14H2,1-2H3;6-7H,3-5H2,1-2H3;2,4-5H2,1,3H3;1-2H3/b;7-5+,12-8+,15-10?,16-13+;;;. The van der Waals surface area contributed by atoms with Crippen LogP contribution in [0.3, 0.4) is 0 Å². The van der Waals surface area contributed by atoms with Crippen molar-refractivity contribution in [3.05, 3.63) is 70.8 Å². The van der Waals surface area contributed by atoms with Gasteiger partial charge in [-0.3, -0.25) is 9.79 Å². The monoisotopic (exact) mass is 676 g/mol. The highest BCUT2D eigenvalue weighted by atomic mass is 16.1. The molecule has 2 unspecified atom stereocenters. The molecule has 0 saturated heterocycles. The Labute approximate surface area is 302 Å². The van der Waals surface area contributed by atoms with Crippen LogP contribution in [0.25, 0.3) is 0 Å². The predicted molar refractivity (Wildman–Crippen MR) is 217 cm³/mol. The highest BCUT2D eigenvalue weighted by Crippen LogP contribution is 2.43. The van der Waals surface area contributed by atoms with E-state index in [1.54, 1.807) is 0 Å². The second kappa shape index (κ2) is 31.9. The Balaban J connectivity index is 0. The van der Waals surface area contributed by atoms with Crippen molar-refractivity contribution in [2.24, 2.45) is 27.8 Å². The number of unbranched alkanes of at least 4 members (excludes halogenated alkanes) is 1. The van der Waals surface area contributed by atoms with Gasteiger partial charge in [-0.1, -0.05) is 123 Å². The number of aliphatic imine (C=N–C) groups is 1. The molecule has 0 aliphatic heterocycles. The summed E-state index contributed by atoms with van der Waals surface area (Å²) in [5, 5.41) is 15.8. The van der Waals surface area contributed by atoms with Gasteiger partial charge in [-0.2, -0.15) is 10.4 Å². The number of nitrogens with one attached hydrogen (secondary N) is 1. The van der Waals surface area contributed by atoms with Gasteiger partial charge in [0.25, 0.3) is 0 Å². The molecule has 276 valence electrons. The smallest absolute Gasteiger partial charge is 0.171 e. The number of hydrogen-bond acceptors (Lipinski definition) is 6. The van der Waals surface area contributed by atoms with Crippen molar-refractivity contribution in [3.8, 4) is 6.07 Å². The summed E-state index contributed by atoms with van der Waals surface area (Å²) in [5.74, 6) is 7.81. The van der Waals surface area contributed by atoms with E-state index in [4.69, 9.17) is 11.1 Å². The SMILES string of the molecule is C=C(C)CCC.CC.CC/C=C/C(=C\CCC)CN=C/C(C=O)=N\N.CCC1CC1CC.CCCc1ccc(C#N)c(C2CC(NC)C2)c1. The molecule has 3 N–H and O–H groups in total. The number of carbonyl (C=O) groups is 1. The molecule has 3 rings (SSSR count). The molecule has 49 heavy (non-hydrogen) atoms. The fourth-order valence-electron chi connectivity index (χ4n) is 5.46. The van der Waals surface area contributed by atoms with Gasteiger partial charge in [-0.25, -0.2) is 0 Å². The molecular formula is C43H73N5O. The van der Waals surface area contributed by atoms with Crippen LogP contribution in [0.15, 0.2) is 64.2 Å². The molecule has 2 saturated carbocycles. The predicted octanol–water partition coefficient (Wildman–Crippen LogP) is 11.1. The number of nitrogens with two attached hydrogens (primary N) is 1. The maximum absolute atomic E-state index is 10.4. The number of hydrazone groups is 1. The number of nitrogens with zero attached hydrogens (tertiary/aromatic N) is 3. The zero-order valence-electron chi connectivity index (χ0n) is 33.2. The Kier molecular flexibility index (Phi) is 31.2. The summed E-state index contributed by atoms with van der Waals surface area (Å²) >= 11 is 0. The average molecular weight is 676 g/mol. The van der Waals surface area contributed by atoms with E-state index in [1.165, 1.54) is 67.9 Å². The van der Waals surface area contributed by atoms with E-state index >= 15 is 0 Å². The molecule has 2 aliphatic rings. The van der Waals surface area contributed by atoms with Crippen molar-refractivity contribution in [3.63, 3.8) is 0 Å². The molecule has 1 aromatic rings. The van der Waals surface area contributed by atoms with Crippen molar-refractivity contribution in [1.82, 2.24) is 5.32 Å². The number of aryl methyl sites for hydroxylation is 1. The molecule has 0 bridgehead atoms. The molecule has 2 atom stereocenters. The topological polar surface area (TPSA) is 104 Å². The highest BCUT2D eigenvalue weighted by molar-refractivity contribution is 6.54. The number of benzene rings is 1. The molecule has 6 heteroatoms. The van der Waals surface area contributed by atoms with Gasteiger partial charge in [-0.05, 0) is 99.4 Å². The van der Waals surface area contributed by atoms with Gasteiger partial charge in [-0.15, -0.1) is 6.58 Å². The molecule has 0 aromatic heterocycles. The third kappa shape index (κ3) is 22.9. The van der Waals surface area contributed by atoms with Crippen molar-refractivity contribution >= 4 is 18.2 Å². The third-order valence-corrected chi connectivity index (χ3v) is 8.59. The van der Waals surface area contributed by atoms with Gasteiger partial charge in [0, 0.05) is 6.04 Å². The van der Waals surface area contributed by atoms with Crippen molar-refractivity contribution in [2.45, 2.75) is 151 Å². The Morgan fingerprint density at radius 2 is 1.69 bits per heavy atom. The minimum Gasteiger partial charge on any atom is -0.323 e. The molecule has 0 spiro atoms. The van der Waals surface area contributed by atoms with E-state index in [0.717, 1.165) is 55.1 Å². The van der Waals surface area contributed by atoms with E-state index in [9.17, 15) is 4.79 Å². The first-order valence-electron chi connectivity index (χ1n) is 19.1. The minimum atomic E-state index is 0.152. The molecular weight excluding hydrogens is 603 g/mol. The van der Waals surface area contributed by atoms with Crippen molar-refractivity contribution in [2.75, 3.05) is 13.6 Å². The molecule has 0 amide bonds. The lowest BCUT2D eigenvalue weighted by Crippen LogP contribution is -2.37.